The van der Waals surface area contributed by atoms with Crippen LogP contribution < -0.4 is 4.90 Å². The first-order valence-corrected chi connectivity index (χ1v) is 4.64. The lowest BCUT2D eigenvalue weighted by Gasteiger charge is -2.13. The summed E-state index contributed by atoms with van der Waals surface area (Å²) in [5, 5.41) is 0. The van der Waals surface area contributed by atoms with E-state index in [4.69, 9.17) is 0 Å². The van der Waals surface area contributed by atoms with Gasteiger partial charge in [-0.15, -0.1) is 0 Å². The zero-order chi connectivity index (χ0) is 9.84. The largest absolute Gasteiger partial charge is 0.361 e. The summed E-state index contributed by atoms with van der Waals surface area (Å²) in [6.45, 7) is 4.33. The molecule has 0 amide bonds. The molecule has 0 N–H and O–H groups in total. The van der Waals surface area contributed by atoms with Crippen LogP contribution in [-0.2, 0) is 0 Å². The van der Waals surface area contributed by atoms with E-state index < -0.39 is 0 Å². The third-order valence-electron chi connectivity index (χ3n) is 2.22. The summed E-state index contributed by atoms with van der Waals surface area (Å²) >= 11 is 0. The van der Waals surface area contributed by atoms with Gasteiger partial charge < -0.3 is 4.90 Å². The van der Waals surface area contributed by atoms with E-state index in [0.717, 1.165) is 17.9 Å². The molecule has 0 saturated heterocycles. The average molecular weight is 179 g/mol. The van der Waals surface area contributed by atoms with Gasteiger partial charge in [0.25, 0.3) is 0 Å². The summed E-state index contributed by atoms with van der Waals surface area (Å²) in [5.41, 5.74) is 1.08. The Morgan fingerprint density at radius 1 is 1.38 bits per heavy atom. The molecule has 0 bridgehead atoms. The smallest absolute Gasteiger partial charge is 0.146 e. The highest BCUT2D eigenvalue weighted by molar-refractivity contribution is 5.34. The molecule has 0 fully saturated rings. The van der Waals surface area contributed by atoms with Crippen LogP contribution in [0.5, 0.6) is 0 Å². The van der Waals surface area contributed by atoms with E-state index >= 15 is 0 Å². The summed E-state index contributed by atoms with van der Waals surface area (Å²) in [6.07, 6.45) is 4.73. The standard InChI is InChI=1S/C10H17N3/c1-5-8(2)9-6-11-7-10(12-9)13(3)4/h6-8H,5H2,1-4H3. The molecule has 0 aliphatic heterocycles. The van der Waals surface area contributed by atoms with Crippen molar-refractivity contribution in [1.82, 2.24) is 9.97 Å². The lowest BCUT2D eigenvalue weighted by molar-refractivity contribution is 0.701. The summed E-state index contributed by atoms with van der Waals surface area (Å²) < 4.78 is 0. The van der Waals surface area contributed by atoms with Crippen molar-refractivity contribution in [3.05, 3.63) is 18.1 Å². The molecule has 1 rings (SSSR count). The zero-order valence-corrected chi connectivity index (χ0v) is 8.78. The minimum Gasteiger partial charge on any atom is -0.361 e. The molecule has 3 heteroatoms. The van der Waals surface area contributed by atoms with Crippen LogP contribution >= 0.6 is 0 Å². The number of hydrogen-bond donors (Lipinski definition) is 0. The summed E-state index contributed by atoms with van der Waals surface area (Å²) in [4.78, 5) is 10.6. The molecule has 1 unspecified atom stereocenters. The molecule has 0 spiro atoms. The molecule has 0 aliphatic rings. The number of nitrogens with zero attached hydrogens (tertiary/aromatic N) is 3. The Balaban J connectivity index is 2.91. The van der Waals surface area contributed by atoms with E-state index in [1.807, 2.05) is 25.2 Å². The third kappa shape index (κ3) is 2.41. The molecule has 1 aromatic heterocycles. The fraction of sp³-hybridized carbons (Fsp3) is 0.600. The lowest BCUT2D eigenvalue weighted by Crippen LogP contribution is -2.12. The Labute approximate surface area is 79.8 Å². The van der Waals surface area contributed by atoms with Crippen molar-refractivity contribution in [3.8, 4) is 0 Å². The van der Waals surface area contributed by atoms with Crippen molar-refractivity contribution >= 4 is 5.82 Å². The molecular formula is C10H17N3. The predicted molar refractivity (Wildman–Crippen MR) is 55.1 cm³/mol. The molecule has 13 heavy (non-hydrogen) atoms. The molecule has 3 nitrogen and oxygen atoms in total. The maximum absolute atomic E-state index is 4.51. The molecule has 0 aromatic carbocycles. The minimum absolute atomic E-state index is 0.493. The Kier molecular flexibility index (Phi) is 3.23. The quantitative estimate of drug-likeness (QED) is 0.711. The first kappa shape index (κ1) is 9.96. The Morgan fingerprint density at radius 3 is 2.62 bits per heavy atom. The maximum atomic E-state index is 4.51. The summed E-state index contributed by atoms with van der Waals surface area (Å²) in [7, 11) is 3.95. The van der Waals surface area contributed by atoms with Crippen molar-refractivity contribution in [3.63, 3.8) is 0 Å². The van der Waals surface area contributed by atoms with Crippen molar-refractivity contribution in [1.29, 1.82) is 0 Å². The predicted octanol–water partition coefficient (Wildman–Crippen LogP) is 2.06. The minimum atomic E-state index is 0.493. The van der Waals surface area contributed by atoms with E-state index in [2.05, 4.69) is 23.8 Å². The molecule has 1 heterocycles. The Morgan fingerprint density at radius 2 is 2.08 bits per heavy atom. The fourth-order valence-electron chi connectivity index (χ4n) is 1.03. The zero-order valence-electron chi connectivity index (χ0n) is 8.78. The van der Waals surface area contributed by atoms with E-state index in [9.17, 15) is 0 Å². The van der Waals surface area contributed by atoms with Crippen molar-refractivity contribution in [2.24, 2.45) is 0 Å². The molecule has 72 valence electrons. The van der Waals surface area contributed by atoms with Crippen LogP contribution in [0.15, 0.2) is 12.4 Å². The van der Waals surface area contributed by atoms with Gasteiger partial charge in [0.2, 0.25) is 0 Å². The van der Waals surface area contributed by atoms with Gasteiger partial charge in [0.15, 0.2) is 0 Å². The van der Waals surface area contributed by atoms with Crippen LogP contribution in [0.25, 0.3) is 0 Å². The van der Waals surface area contributed by atoms with Gasteiger partial charge in [-0.05, 0) is 12.3 Å². The van der Waals surface area contributed by atoms with Crippen molar-refractivity contribution < 1.29 is 0 Å². The van der Waals surface area contributed by atoms with Crippen molar-refractivity contribution in [2.45, 2.75) is 26.2 Å². The van der Waals surface area contributed by atoms with Crippen molar-refractivity contribution in [2.75, 3.05) is 19.0 Å². The summed E-state index contributed by atoms with van der Waals surface area (Å²) in [5.74, 6) is 1.42. The second-order valence-corrected chi connectivity index (χ2v) is 3.51. The monoisotopic (exact) mass is 179 g/mol. The molecular weight excluding hydrogens is 162 g/mol. The van der Waals surface area contributed by atoms with Gasteiger partial charge >= 0.3 is 0 Å². The van der Waals surface area contributed by atoms with Gasteiger partial charge in [-0.3, -0.25) is 4.98 Å². The number of hydrogen-bond acceptors (Lipinski definition) is 3. The van der Waals surface area contributed by atoms with Gasteiger partial charge in [-0.25, -0.2) is 4.98 Å². The van der Waals surface area contributed by atoms with Crippen LogP contribution in [0.3, 0.4) is 0 Å². The number of aromatic nitrogens is 2. The maximum Gasteiger partial charge on any atom is 0.146 e. The Bertz CT molecular complexity index is 271. The highest BCUT2D eigenvalue weighted by Gasteiger charge is 2.06. The average Bonchev–Trinajstić information content (AvgIpc) is 2.17. The number of anilines is 1. The highest BCUT2D eigenvalue weighted by Crippen LogP contribution is 2.17. The van der Waals surface area contributed by atoms with Gasteiger partial charge in [0.1, 0.15) is 5.82 Å². The normalized spacial score (nSPS) is 12.6. The third-order valence-corrected chi connectivity index (χ3v) is 2.22. The molecule has 0 saturated carbocycles. The topological polar surface area (TPSA) is 29.0 Å². The first-order chi connectivity index (χ1) is 6.15. The van der Waals surface area contributed by atoms with Crippen LogP contribution in [-0.4, -0.2) is 24.1 Å². The van der Waals surface area contributed by atoms with E-state index in [1.165, 1.54) is 0 Å². The Hall–Kier alpha value is -1.12. The van der Waals surface area contributed by atoms with Gasteiger partial charge in [-0.1, -0.05) is 13.8 Å². The molecule has 1 aromatic rings. The van der Waals surface area contributed by atoms with Crippen LogP contribution in [0.1, 0.15) is 31.9 Å². The SMILES string of the molecule is CCC(C)c1cncc(N(C)C)n1. The molecule has 0 radical (unpaired) electrons. The van der Waals surface area contributed by atoms with Gasteiger partial charge in [-0.2, -0.15) is 0 Å². The fourth-order valence-corrected chi connectivity index (χ4v) is 1.03. The van der Waals surface area contributed by atoms with E-state index in [0.29, 0.717) is 5.92 Å². The van der Waals surface area contributed by atoms with Crippen LogP contribution in [0.2, 0.25) is 0 Å². The lowest BCUT2D eigenvalue weighted by atomic mass is 10.1. The number of rotatable bonds is 3. The van der Waals surface area contributed by atoms with Gasteiger partial charge in [0, 0.05) is 20.3 Å². The van der Waals surface area contributed by atoms with Crippen LogP contribution in [0, 0.1) is 0 Å². The summed E-state index contributed by atoms with van der Waals surface area (Å²) in [6, 6.07) is 0. The highest BCUT2D eigenvalue weighted by atomic mass is 15.1. The second kappa shape index (κ2) is 4.21. The van der Waals surface area contributed by atoms with Gasteiger partial charge in [0.05, 0.1) is 11.9 Å². The van der Waals surface area contributed by atoms with E-state index in [-0.39, 0.29) is 0 Å². The molecule has 1 atom stereocenters. The second-order valence-electron chi connectivity index (χ2n) is 3.51. The molecule has 0 aliphatic carbocycles. The van der Waals surface area contributed by atoms with Crippen LogP contribution in [0.4, 0.5) is 5.82 Å². The van der Waals surface area contributed by atoms with E-state index in [1.54, 1.807) is 6.20 Å². The first-order valence-electron chi connectivity index (χ1n) is 4.64.